The Balaban J connectivity index is 2.19. The molecule has 35 heavy (non-hydrogen) atoms. The molecule has 3 rings (SSSR count). The first kappa shape index (κ1) is 26.0. The van der Waals surface area contributed by atoms with E-state index in [1.165, 1.54) is 13.8 Å². The number of fused-ring (bicyclic) bond motifs is 1. The summed E-state index contributed by atoms with van der Waals surface area (Å²) in [6, 6.07) is 4.68. The summed E-state index contributed by atoms with van der Waals surface area (Å²) in [5, 5.41) is 9.49. The molecule has 1 unspecified atom stereocenters. The number of esters is 1. The smallest absolute Gasteiger partial charge is 0.503 e. The van der Waals surface area contributed by atoms with Crippen molar-refractivity contribution in [3.63, 3.8) is 0 Å². The van der Waals surface area contributed by atoms with Gasteiger partial charge in [-0.1, -0.05) is 0 Å². The molecule has 0 amide bonds. The Morgan fingerprint density at radius 3 is 2.14 bits per heavy atom. The lowest BCUT2D eigenvalue weighted by molar-refractivity contribution is -0.274. The summed E-state index contributed by atoms with van der Waals surface area (Å²) in [4.78, 5) is 26.0. The van der Waals surface area contributed by atoms with Crippen molar-refractivity contribution in [3.05, 3.63) is 58.8 Å². The van der Waals surface area contributed by atoms with E-state index < -0.39 is 52.9 Å². The van der Waals surface area contributed by atoms with Crippen LogP contribution in [-0.2, 0) is 9.53 Å². The second kappa shape index (κ2) is 8.86. The van der Waals surface area contributed by atoms with Gasteiger partial charge in [0.2, 0.25) is 0 Å². The summed E-state index contributed by atoms with van der Waals surface area (Å²) in [7, 11) is 0. The van der Waals surface area contributed by atoms with Gasteiger partial charge in [-0.25, -0.2) is 8.78 Å². The molecule has 0 radical (unpaired) electrons. The van der Waals surface area contributed by atoms with Crippen LogP contribution in [0.3, 0.4) is 0 Å². The number of hydrogen-bond acceptors (Lipinski definition) is 5. The zero-order chi connectivity index (χ0) is 26.5. The number of aromatic hydroxyl groups is 1. The van der Waals surface area contributed by atoms with E-state index in [2.05, 4.69) is 4.74 Å². The van der Waals surface area contributed by atoms with Crippen LogP contribution in [0.5, 0.6) is 11.5 Å². The Bertz CT molecular complexity index is 1300. The predicted octanol–water partition coefficient (Wildman–Crippen LogP) is 5.97. The molecule has 6 nitrogen and oxygen atoms in total. The molecule has 0 bridgehead atoms. The maximum Gasteiger partial charge on any atom is 0.573 e. The fraction of sp³-hybridized carbons (Fsp3) is 0.333. The van der Waals surface area contributed by atoms with Crippen molar-refractivity contribution in [1.29, 1.82) is 0 Å². The SMILES string of the molecule is Cc1c(C(C)C(=O)OC(C)(C)C)c2c(F)c(O)c(F)cc2n1C(=O)c1ccc(OC(F)(F)F)cc1. The third-order valence-electron chi connectivity index (χ3n) is 5.14. The Hall–Kier alpha value is -3.63. The van der Waals surface area contributed by atoms with Crippen LogP contribution in [0.2, 0.25) is 0 Å². The Morgan fingerprint density at radius 1 is 1.06 bits per heavy atom. The molecule has 3 aromatic rings. The summed E-state index contributed by atoms with van der Waals surface area (Å²) >= 11 is 0. The van der Waals surface area contributed by atoms with E-state index in [4.69, 9.17) is 4.74 Å². The van der Waals surface area contributed by atoms with Crippen molar-refractivity contribution < 1.29 is 46.1 Å². The number of aromatic nitrogens is 1. The minimum Gasteiger partial charge on any atom is -0.503 e. The maximum atomic E-state index is 15.1. The van der Waals surface area contributed by atoms with Crippen molar-refractivity contribution in [3.8, 4) is 11.5 Å². The largest absolute Gasteiger partial charge is 0.573 e. The van der Waals surface area contributed by atoms with Crippen LogP contribution in [0.4, 0.5) is 22.0 Å². The molecule has 1 atom stereocenters. The molecule has 0 fully saturated rings. The molecule has 0 saturated carbocycles. The Morgan fingerprint density at radius 2 is 1.63 bits per heavy atom. The van der Waals surface area contributed by atoms with Crippen LogP contribution in [0.25, 0.3) is 10.9 Å². The fourth-order valence-electron chi connectivity index (χ4n) is 3.74. The van der Waals surface area contributed by atoms with Crippen LogP contribution < -0.4 is 4.74 Å². The monoisotopic (exact) mass is 499 g/mol. The van der Waals surface area contributed by atoms with Gasteiger partial charge < -0.3 is 14.6 Å². The fourth-order valence-corrected chi connectivity index (χ4v) is 3.74. The summed E-state index contributed by atoms with van der Waals surface area (Å²) < 4.78 is 76.7. The molecule has 2 aromatic carbocycles. The second-order valence-electron chi connectivity index (χ2n) is 8.88. The Kier molecular flexibility index (Phi) is 6.58. The third kappa shape index (κ3) is 5.23. The number of carbonyl (C=O) groups excluding carboxylic acids is 2. The molecule has 0 aliphatic carbocycles. The molecule has 188 valence electrons. The first-order chi connectivity index (χ1) is 16.0. The zero-order valence-corrected chi connectivity index (χ0v) is 19.4. The summed E-state index contributed by atoms with van der Waals surface area (Å²) in [5.74, 6) is -7.26. The van der Waals surface area contributed by atoms with Gasteiger partial charge in [0, 0.05) is 22.7 Å². The molecule has 0 spiro atoms. The van der Waals surface area contributed by atoms with Crippen molar-refractivity contribution >= 4 is 22.8 Å². The first-order valence-corrected chi connectivity index (χ1v) is 10.4. The molecule has 0 saturated heterocycles. The minimum absolute atomic E-state index is 0.00701. The van der Waals surface area contributed by atoms with Crippen LogP contribution >= 0.6 is 0 Å². The lowest BCUT2D eigenvalue weighted by Gasteiger charge is -2.22. The topological polar surface area (TPSA) is 77.8 Å². The number of alkyl halides is 3. The quantitative estimate of drug-likeness (QED) is 0.354. The molecule has 1 heterocycles. The normalized spacial score (nSPS) is 13.1. The molecular formula is C24H22F5NO5. The molecule has 11 heteroatoms. The van der Waals surface area contributed by atoms with E-state index in [-0.39, 0.29) is 27.7 Å². The minimum atomic E-state index is -4.93. The van der Waals surface area contributed by atoms with Gasteiger partial charge in [-0.3, -0.25) is 14.2 Å². The highest BCUT2D eigenvalue weighted by Gasteiger charge is 2.33. The van der Waals surface area contributed by atoms with Crippen molar-refractivity contribution in [1.82, 2.24) is 4.57 Å². The number of nitrogens with zero attached hydrogens (tertiary/aromatic N) is 1. The van der Waals surface area contributed by atoms with Gasteiger partial charge in [0.05, 0.1) is 11.4 Å². The highest BCUT2D eigenvalue weighted by atomic mass is 19.4. The van der Waals surface area contributed by atoms with Gasteiger partial charge in [-0.05, 0) is 64.4 Å². The molecule has 0 aliphatic rings. The van der Waals surface area contributed by atoms with Crippen LogP contribution in [0.15, 0.2) is 30.3 Å². The van der Waals surface area contributed by atoms with Crippen molar-refractivity contribution in [2.45, 2.75) is 52.5 Å². The standard InChI is InChI=1S/C24H22F5NO5/c1-11(22(33)35-23(3,4)5)17-12(2)30(16-10-15(25)20(31)19(26)18(16)17)21(32)13-6-8-14(9-7-13)34-24(27,28)29/h6-11,31H,1-5H3. The summed E-state index contributed by atoms with van der Waals surface area (Å²) in [6.07, 6.45) is -4.93. The Labute approximate surface area is 196 Å². The summed E-state index contributed by atoms with van der Waals surface area (Å²) in [6.45, 7) is 7.69. The second-order valence-corrected chi connectivity index (χ2v) is 8.88. The van der Waals surface area contributed by atoms with E-state index in [1.807, 2.05) is 0 Å². The number of carbonyl (C=O) groups is 2. The number of phenolic OH excluding ortho intramolecular Hbond substituents is 1. The van der Waals surface area contributed by atoms with Crippen molar-refractivity contribution in [2.75, 3.05) is 0 Å². The van der Waals surface area contributed by atoms with E-state index in [0.29, 0.717) is 0 Å². The van der Waals surface area contributed by atoms with Gasteiger partial charge in [0.25, 0.3) is 5.91 Å². The van der Waals surface area contributed by atoms with Crippen molar-refractivity contribution in [2.24, 2.45) is 0 Å². The third-order valence-corrected chi connectivity index (χ3v) is 5.14. The van der Waals surface area contributed by atoms with Gasteiger partial charge >= 0.3 is 12.3 Å². The number of rotatable bonds is 4. The highest BCUT2D eigenvalue weighted by Crippen LogP contribution is 2.39. The molecule has 0 aliphatic heterocycles. The number of ether oxygens (including phenoxy) is 2. The van der Waals surface area contributed by atoms with Gasteiger partial charge in [0.1, 0.15) is 11.4 Å². The molecule has 1 aromatic heterocycles. The number of hydrogen-bond donors (Lipinski definition) is 1. The molecular weight excluding hydrogens is 477 g/mol. The highest BCUT2D eigenvalue weighted by molar-refractivity contribution is 6.05. The van der Waals surface area contributed by atoms with Gasteiger partial charge in [0.15, 0.2) is 17.4 Å². The average Bonchev–Trinajstić information content (AvgIpc) is 3.01. The zero-order valence-electron chi connectivity index (χ0n) is 19.4. The lowest BCUT2D eigenvalue weighted by atomic mass is 9.97. The van der Waals surface area contributed by atoms with Crippen LogP contribution in [0.1, 0.15) is 55.2 Å². The summed E-state index contributed by atoms with van der Waals surface area (Å²) in [5.41, 5.74) is -1.22. The van der Waals surface area contributed by atoms with E-state index >= 15 is 4.39 Å². The van der Waals surface area contributed by atoms with Gasteiger partial charge in [-0.2, -0.15) is 0 Å². The number of benzene rings is 2. The van der Waals surface area contributed by atoms with Crippen LogP contribution in [-0.4, -0.2) is 33.5 Å². The first-order valence-electron chi connectivity index (χ1n) is 10.4. The number of halogens is 5. The number of phenols is 1. The molecule has 1 N–H and O–H groups in total. The van der Waals surface area contributed by atoms with E-state index in [0.717, 1.165) is 34.9 Å². The predicted molar refractivity (Wildman–Crippen MR) is 115 cm³/mol. The van der Waals surface area contributed by atoms with E-state index in [1.54, 1.807) is 20.8 Å². The maximum absolute atomic E-state index is 15.1. The van der Waals surface area contributed by atoms with Crippen LogP contribution in [0, 0.1) is 18.6 Å². The average molecular weight is 499 g/mol. The van der Waals surface area contributed by atoms with Gasteiger partial charge in [-0.15, -0.1) is 13.2 Å². The van der Waals surface area contributed by atoms with E-state index in [9.17, 15) is 32.3 Å². The lowest BCUT2D eigenvalue weighted by Crippen LogP contribution is -2.27.